The predicted octanol–water partition coefficient (Wildman–Crippen LogP) is 4.45. The highest BCUT2D eigenvalue weighted by atomic mass is 32.2. The standard InChI is InChI=1S/C15H12OS/c1-3-7-12(8-4-1)14-11-17-15(16-14)13-9-5-2-6-10-13/h1-11,15H. The summed E-state index contributed by atoms with van der Waals surface area (Å²) in [4.78, 5) is 0. The van der Waals surface area contributed by atoms with Gasteiger partial charge in [-0.05, 0) is 0 Å². The third-order valence-electron chi connectivity index (χ3n) is 2.66. The van der Waals surface area contributed by atoms with Crippen LogP contribution in [0.1, 0.15) is 16.6 Å². The lowest BCUT2D eigenvalue weighted by molar-refractivity contribution is 0.261. The van der Waals surface area contributed by atoms with E-state index in [2.05, 4.69) is 29.7 Å². The number of hydrogen-bond donors (Lipinski definition) is 0. The molecule has 2 aromatic carbocycles. The lowest BCUT2D eigenvalue weighted by Gasteiger charge is -2.12. The molecule has 17 heavy (non-hydrogen) atoms. The van der Waals surface area contributed by atoms with Crippen LogP contribution in [0.5, 0.6) is 0 Å². The molecular formula is C15H12OS. The molecular weight excluding hydrogens is 228 g/mol. The van der Waals surface area contributed by atoms with E-state index in [-0.39, 0.29) is 5.44 Å². The van der Waals surface area contributed by atoms with Crippen LogP contribution >= 0.6 is 11.8 Å². The van der Waals surface area contributed by atoms with Gasteiger partial charge in [0, 0.05) is 16.5 Å². The Morgan fingerprint density at radius 3 is 2.18 bits per heavy atom. The van der Waals surface area contributed by atoms with Gasteiger partial charge in [-0.1, -0.05) is 72.4 Å². The van der Waals surface area contributed by atoms with Gasteiger partial charge in [0.25, 0.3) is 0 Å². The summed E-state index contributed by atoms with van der Waals surface area (Å²) >= 11 is 1.71. The largest absolute Gasteiger partial charge is 0.473 e. The summed E-state index contributed by atoms with van der Waals surface area (Å²) in [7, 11) is 0. The molecule has 0 fully saturated rings. The molecule has 0 aliphatic carbocycles. The van der Waals surface area contributed by atoms with E-state index in [1.54, 1.807) is 11.8 Å². The van der Waals surface area contributed by atoms with E-state index in [0.717, 1.165) is 11.3 Å². The van der Waals surface area contributed by atoms with Crippen molar-refractivity contribution in [2.75, 3.05) is 0 Å². The van der Waals surface area contributed by atoms with E-state index in [0.29, 0.717) is 0 Å². The zero-order valence-corrected chi connectivity index (χ0v) is 10.1. The Bertz CT molecular complexity index is 519. The second kappa shape index (κ2) is 4.68. The summed E-state index contributed by atoms with van der Waals surface area (Å²) in [5.41, 5.74) is 2.43. The van der Waals surface area contributed by atoms with Crippen molar-refractivity contribution >= 4 is 17.5 Å². The number of hydrogen-bond acceptors (Lipinski definition) is 2. The topological polar surface area (TPSA) is 9.23 Å². The molecule has 1 aliphatic rings. The molecule has 2 heteroatoms. The fraction of sp³-hybridized carbons (Fsp3) is 0.0667. The summed E-state index contributed by atoms with van der Waals surface area (Å²) < 4.78 is 5.96. The summed E-state index contributed by atoms with van der Waals surface area (Å²) in [6, 6.07) is 20.5. The second-order valence-electron chi connectivity index (χ2n) is 3.84. The van der Waals surface area contributed by atoms with E-state index in [1.165, 1.54) is 5.56 Å². The molecule has 0 N–H and O–H groups in total. The van der Waals surface area contributed by atoms with Gasteiger partial charge in [-0.3, -0.25) is 0 Å². The Labute approximate surface area is 105 Å². The highest BCUT2D eigenvalue weighted by Gasteiger charge is 2.21. The van der Waals surface area contributed by atoms with E-state index in [4.69, 9.17) is 4.74 Å². The SMILES string of the molecule is C1=C(c2ccccc2)OC(c2ccccc2)S1. The minimum Gasteiger partial charge on any atom is -0.473 e. The van der Waals surface area contributed by atoms with Crippen molar-refractivity contribution in [2.24, 2.45) is 0 Å². The Hall–Kier alpha value is -1.67. The maximum absolute atomic E-state index is 5.96. The third-order valence-corrected chi connectivity index (χ3v) is 3.63. The van der Waals surface area contributed by atoms with Gasteiger partial charge in [-0.2, -0.15) is 0 Å². The van der Waals surface area contributed by atoms with Crippen molar-refractivity contribution in [1.82, 2.24) is 0 Å². The zero-order valence-electron chi connectivity index (χ0n) is 9.24. The quantitative estimate of drug-likeness (QED) is 0.767. The van der Waals surface area contributed by atoms with Gasteiger partial charge in [0.15, 0.2) is 5.44 Å². The Kier molecular flexibility index (Phi) is 2.88. The fourth-order valence-corrected chi connectivity index (χ4v) is 2.70. The summed E-state index contributed by atoms with van der Waals surface area (Å²) in [5.74, 6) is 0.962. The van der Waals surface area contributed by atoms with Gasteiger partial charge in [0.05, 0.1) is 0 Å². The molecule has 1 atom stereocenters. The molecule has 0 saturated heterocycles. The number of rotatable bonds is 2. The number of ether oxygens (including phenoxy) is 1. The number of benzene rings is 2. The maximum atomic E-state index is 5.96. The molecule has 1 aliphatic heterocycles. The third kappa shape index (κ3) is 2.22. The first-order valence-corrected chi connectivity index (χ1v) is 6.50. The first-order chi connectivity index (χ1) is 8.43. The van der Waals surface area contributed by atoms with Crippen LogP contribution in [-0.2, 0) is 4.74 Å². The predicted molar refractivity (Wildman–Crippen MR) is 72.3 cm³/mol. The van der Waals surface area contributed by atoms with Crippen molar-refractivity contribution in [2.45, 2.75) is 5.44 Å². The Morgan fingerprint density at radius 1 is 0.824 bits per heavy atom. The first-order valence-electron chi connectivity index (χ1n) is 5.56. The van der Waals surface area contributed by atoms with Crippen LogP contribution in [-0.4, -0.2) is 0 Å². The van der Waals surface area contributed by atoms with Crippen molar-refractivity contribution in [3.63, 3.8) is 0 Å². The van der Waals surface area contributed by atoms with Gasteiger partial charge in [0.2, 0.25) is 0 Å². The molecule has 0 saturated carbocycles. The lowest BCUT2D eigenvalue weighted by Crippen LogP contribution is -1.93. The normalized spacial score (nSPS) is 18.6. The van der Waals surface area contributed by atoms with E-state index in [9.17, 15) is 0 Å². The molecule has 0 amide bonds. The highest BCUT2D eigenvalue weighted by molar-refractivity contribution is 8.02. The molecule has 0 bridgehead atoms. The van der Waals surface area contributed by atoms with Crippen LogP contribution in [0.2, 0.25) is 0 Å². The monoisotopic (exact) mass is 240 g/mol. The Balaban J connectivity index is 1.78. The van der Waals surface area contributed by atoms with Gasteiger partial charge in [-0.15, -0.1) is 0 Å². The van der Waals surface area contributed by atoms with Crippen LogP contribution in [0.4, 0.5) is 0 Å². The lowest BCUT2D eigenvalue weighted by atomic mass is 10.2. The molecule has 3 rings (SSSR count). The average molecular weight is 240 g/mol. The smallest absolute Gasteiger partial charge is 0.173 e. The van der Waals surface area contributed by atoms with E-state index >= 15 is 0 Å². The molecule has 2 aromatic rings. The minimum absolute atomic E-state index is 0.0893. The van der Waals surface area contributed by atoms with Crippen molar-refractivity contribution < 1.29 is 4.74 Å². The van der Waals surface area contributed by atoms with Crippen molar-refractivity contribution in [3.05, 3.63) is 77.2 Å². The molecule has 0 spiro atoms. The summed E-state index contributed by atoms with van der Waals surface area (Å²) in [6.45, 7) is 0. The summed E-state index contributed by atoms with van der Waals surface area (Å²) in [6.07, 6.45) is 0. The Morgan fingerprint density at radius 2 is 1.47 bits per heavy atom. The minimum atomic E-state index is 0.0893. The van der Waals surface area contributed by atoms with E-state index in [1.807, 2.05) is 36.4 Å². The van der Waals surface area contributed by atoms with Crippen LogP contribution in [0.15, 0.2) is 66.1 Å². The molecule has 0 radical (unpaired) electrons. The maximum Gasteiger partial charge on any atom is 0.173 e. The van der Waals surface area contributed by atoms with Gasteiger partial charge in [-0.25, -0.2) is 0 Å². The number of thioether (sulfide) groups is 1. The molecule has 1 nitrogen and oxygen atoms in total. The van der Waals surface area contributed by atoms with Crippen molar-refractivity contribution in [3.8, 4) is 0 Å². The van der Waals surface area contributed by atoms with Crippen LogP contribution in [0.25, 0.3) is 5.76 Å². The highest BCUT2D eigenvalue weighted by Crippen LogP contribution is 2.42. The first kappa shape index (κ1) is 10.5. The van der Waals surface area contributed by atoms with E-state index < -0.39 is 0 Å². The van der Waals surface area contributed by atoms with Gasteiger partial charge < -0.3 is 4.74 Å². The second-order valence-corrected chi connectivity index (χ2v) is 4.78. The molecule has 84 valence electrons. The molecule has 1 heterocycles. The van der Waals surface area contributed by atoms with Crippen LogP contribution < -0.4 is 0 Å². The van der Waals surface area contributed by atoms with Crippen LogP contribution in [0.3, 0.4) is 0 Å². The van der Waals surface area contributed by atoms with Crippen LogP contribution in [0, 0.1) is 0 Å². The summed E-state index contributed by atoms with van der Waals surface area (Å²) in [5, 5.41) is 2.09. The van der Waals surface area contributed by atoms with Gasteiger partial charge >= 0.3 is 0 Å². The molecule has 0 aromatic heterocycles. The molecule has 1 unspecified atom stereocenters. The fourth-order valence-electron chi connectivity index (χ4n) is 1.79. The van der Waals surface area contributed by atoms with Gasteiger partial charge in [0.1, 0.15) is 5.76 Å². The zero-order chi connectivity index (χ0) is 11.5. The average Bonchev–Trinajstić information content (AvgIpc) is 2.90. The van der Waals surface area contributed by atoms with Crippen molar-refractivity contribution in [1.29, 1.82) is 0 Å².